The van der Waals surface area contributed by atoms with Crippen molar-refractivity contribution in [1.29, 1.82) is 0 Å². The Morgan fingerprint density at radius 1 is 1.08 bits per heavy atom. The molecule has 1 saturated heterocycles. The van der Waals surface area contributed by atoms with Gasteiger partial charge in [-0.1, -0.05) is 53.0 Å². The molecule has 2 heterocycles. The number of halogens is 3. The van der Waals surface area contributed by atoms with Crippen molar-refractivity contribution in [2.75, 3.05) is 26.3 Å². The van der Waals surface area contributed by atoms with Gasteiger partial charge in [-0.05, 0) is 48.2 Å². The largest absolute Gasteiger partial charge is 0.379 e. The standard InChI is InChI=1S/C25H25Cl3N2O4S2/c1-17(13-20-3-2-12-35-20)30(16-18-4-6-19(26)7-5-18)25(31)21-14-24(23(28)15-22(21)27)36(32,33)29-8-10-34-11-9-29/h2-7,12,14-15,17H,8-11,13,16H2,1H3/t17-/m1/s1. The van der Waals surface area contributed by atoms with Gasteiger partial charge in [0.25, 0.3) is 5.91 Å². The minimum atomic E-state index is -3.94. The number of sulfonamides is 1. The average Bonchev–Trinajstić information content (AvgIpc) is 3.36. The first-order valence-electron chi connectivity index (χ1n) is 11.3. The Kier molecular flexibility index (Phi) is 8.99. The number of nitrogens with zero attached hydrogens (tertiary/aromatic N) is 2. The van der Waals surface area contributed by atoms with Gasteiger partial charge >= 0.3 is 0 Å². The second-order valence-electron chi connectivity index (χ2n) is 8.47. The molecule has 0 saturated carbocycles. The number of carbonyl (C=O) groups excluding carboxylic acids is 1. The molecule has 11 heteroatoms. The summed E-state index contributed by atoms with van der Waals surface area (Å²) in [4.78, 5) is 16.6. The van der Waals surface area contributed by atoms with E-state index in [1.165, 1.54) is 16.4 Å². The fourth-order valence-corrected chi connectivity index (χ4v) is 7.20. The number of ether oxygens (including phenoxy) is 1. The molecule has 1 aliphatic rings. The Labute approximate surface area is 230 Å². The minimum Gasteiger partial charge on any atom is -0.379 e. The van der Waals surface area contributed by atoms with Gasteiger partial charge in [0.2, 0.25) is 10.0 Å². The third kappa shape index (κ3) is 6.25. The Hall–Kier alpha value is -1.65. The number of rotatable bonds is 8. The van der Waals surface area contributed by atoms with Crippen LogP contribution in [-0.4, -0.2) is 55.9 Å². The van der Waals surface area contributed by atoms with Crippen molar-refractivity contribution in [3.05, 3.63) is 85.0 Å². The molecule has 0 aliphatic carbocycles. The summed E-state index contributed by atoms with van der Waals surface area (Å²) in [6, 6.07) is 13.7. The van der Waals surface area contributed by atoms with E-state index in [9.17, 15) is 13.2 Å². The monoisotopic (exact) mass is 586 g/mol. The molecule has 36 heavy (non-hydrogen) atoms. The van der Waals surface area contributed by atoms with Crippen LogP contribution in [0.2, 0.25) is 15.1 Å². The molecule has 6 nitrogen and oxygen atoms in total. The summed E-state index contributed by atoms with van der Waals surface area (Å²) >= 11 is 20.5. The second-order valence-corrected chi connectivity index (χ2v) is 12.7. The summed E-state index contributed by atoms with van der Waals surface area (Å²) < 4.78 is 33.3. The summed E-state index contributed by atoms with van der Waals surface area (Å²) in [6.45, 7) is 3.28. The first kappa shape index (κ1) is 27.4. The van der Waals surface area contributed by atoms with Crippen LogP contribution >= 0.6 is 46.1 Å². The maximum atomic E-state index is 13.9. The molecule has 1 amide bonds. The van der Waals surface area contributed by atoms with Crippen molar-refractivity contribution >= 4 is 62.1 Å². The lowest BCUT2D eigenvalue weighted by atomic mass is 10.1. The molecule has 0 bridgehead atoms. The van der Waals surface area contributed by atoms with E-state index >= 15 is 0 Å². The molecule has 4 rings (SSSR count). The Balaban J connectivity index is 1.70. The molecule has 0 radical (unpaired) electrons. The Morgan fingerprint density at radius 3 is 2.42 bits per heavy atom. The predicted molar refractivity (Wildman–Crippen MR) is 145 cm³/mol. The van der Waals surface area contributed by atoms with Crippen molar-refractivity contribution < 1.29 is 17.9 Å². The quantitative estimate of drug-likeness (QED) is 0.324. The third-order valence-corrected chi connectivity index (χ3v) is 9.80. The van der Waals surface area contributed by atoms with E-state index in [0.717, 1.165) is 10.4 Å². The third-order valence-electron chi connectivity index (χ3n) is 5.98. The first-order valence-corrected chi connectivity index (χ1v) is 14.8. The van der Waals surface area contributed by atoms with Gasteiger partial charge < -0.3 is 9.64 Å². The van der Waals surface area contributed by atoms with Crippen LogP contribution in [0.4, 0.5) is 0 Å². The second kappa shape index (κ2) is 11.8. The van der Waals surface area contributed by atoms with Crippen LogP contribution in [0, 0.1) is 0 Å². The summed E-state index contributed by atoms with van der Waals surface area (Å²) in [5.41, 5.74) is 0.969. The molecule has 0 spiro atoms. The number of amides is 1. The smallest absolute Gasteiger partial charge is 0.255 e. The normalized spacial score (nSPS) is 15.6. The summed E-state index contributed by atoms with van der Waals surface area (Å²) in [6.07, 6.45) is 0.640. The van der Waals surface area contributed by atoms with Crippen LogP contribution in [0.25, 0.3) is 0 Å². The van der Waals surface area contributed by atoms with Crippen LogP contribution < -0.4 is 0 Å². The number of hydrogen-bond acceptors (Lipinski definition) is 5. The van der Waals surface area contributed by atoms with Gasteiger partial charge in [-0.25, -0.2) is 8.42 Å². The van der Waals surface area contributed by atoms with Crippen LogP contribution in [0.3, 0.4) is 0 Å². The van der Waals surface area contributed by atoms with Crippen molar-refractivity contribution in [3.8, 4) is 0 Å². The number of benzene rings is 2. The highest BCUT2D eigenvalue weighted by molar-refractivity contribution is 7.89. The molecule has 0 unspecified atom stereocenters. The lowest BCUT2D eigenvalue weighted by Gasteiger charge is -2.30. The zero-order valence-electron chi connectivity index (χ0n) is 19.5. The fourth-order valence-electron chi connectivity index (χ4n) is 4.02. The Morgan fingerprint density at radius 2 is 1.78 bits per heavy atom. The summed E-state index contributed by atoms with van der Waals surface area (Å²) in [5.74, 6) is -0.380. The molecule has 1 aliphatic heterocycles. The van der Waals surface area contributed by atoms with E-state index in [1.54, 1.807) is 28.4 Å². The van der Waals surface area contributed by atoms with E-state index in [0.29, 0.717) is 31.2 Å². The summed E-state index contributed by atoms with van der Waals surface area (Å²) in [5, 5.41) is 2.66. The maximum Gasteiger partial charge on any atom is 0.255 e. The van der Waals surface area contributed by atoms with Crippen molar-refractivity contribution in [3.63, 3.8) is 0 Å². The van der Waals surface area contributed by atoms with E-state index in [4.69, 9.17) is 39.5 Å². The van der Waals surface area contributed by atoms with Gasteiger partial charge in [-0.3, -0.25) is 4.79 Å². The molecule has 1 aromatic heterocycles. The number of carbonyl (C=O) groups is 1. The fraction of sp³-hybridized carbons (Fsp3) is 0.320. The first-order chi connectivity index (χ1) is 17.2. The zero-order valence-corrected chi connectivity index (χ0v) is 23.4. The van der Waals surface area contributed by atoms with E-state index in [1.807, 2.05) is 36.6 Å². The summed E-state index contributed by atoms with van der Waals surface area (Å²) in [7, 11) is -3.94. The number of morpholine rings is 1. The molecule has 1 atom stereocenters. The molecule has 2 aromatic carbocycles. The van der Waals surface area contributed by atoms with Crippen molar-refractivity contribution in [1.82, 2.24) is 9.21 Å². The highest BCUT2D eigenvalue weighted by Crippen LogP contribution is 2.32. The molecule has 192 valence electrons. The maximum absolute atomic E-state index is 13.9. The van der Waals surface area contributed by atoms with Crippen molar-refractivity contribution in [2.45, 2.75) is 30.8 Å². The highest BCUT2D eigenvalue weighted by Gasteiger charge is 2.32. The molecular weight excluding hydrogens is 563 g/mol. The number of hydrogen-bond donors (Lipinski definition) is 0. The van der Waals surface area contributed by atoms with Gasteiger partial charge in [-0.15, -0.1) is 11.3 Å². The van der Waals surface area contributed by atoms with E-state index in [-0.39, 0.29) is 45.5 Å². The lowest BCUT2D eigenvalue weighted by Crippen LogP contribution is -2.41. The Bertz CT molecular complexity index is 1310. The van der Waals surface area contributed by atoms with Gasteiger partial charge in [0.1, 0.15) is 4.90 Å². The molecule has 3 aromatic rings. The number of thiophene rings is 1. The van der Waals surface area contributed by atoms with Crippen LogP contribution in [0.15, 0.2) is 58.8 Å². The van der Waals surface area contributed by atoms with E-state index < -0.39 is 10.0 Å². The topological polar surface area (TPSA) is 66.9 Å². The van der Waals surface area contributed by atoms with Gasteiger partial charge in [0, 0.05) is 42.0 Å². The van der Waals surface area contributed by atoms with Crippen LogP contribution in [-0.2, 0) is 27.7 Å². The van der Waals surface area contributed by atoms with E-state index in [2.05, 4.69) is 0 Å². The van der Waals surface area contributed by atoms with Crippen LogP contribution in [0.5, 0.6) is 0 Å². The van der Waals surface area contributed by atoms with Crippen LogP contribution in [0.1, 0.15) is 27.7 Å². The molecular formula is C25H25Cl3N2O4S2. The van der Waals surface area contributed by atoms with Gasteiger partial charge in [0.15, 0.2) is 0 Å². The SMILES string of the molecule is C[C@H](Cc1cccs1)N(Cc1ccc(Cl)cc1)C(=O)c1cc(S(=O)(=O)N2CCOCC2)c(Cl)cc1Cl. The highest BCUT2D eigenvalue weighted by atomic mass is 35.5. The van der Waals surface area contributed by atoms with Gasteiger partial charge in [0.05, 0.1) is 28.8 Å². The lowest BCUT2D eigenvalue weighted by molar-refractivity contribution is 0.0675. The zero-order chi connectivity index (χ0) is 25.9. The average molecular weight is 588 g/mol. The predicted octanol–water partition coefficient (Wildman–Crippen LogP) is 6.00. The molecule has 0 N–H and O–H groups in total. The molecule has 1 fully saturated rings. The van der Waals surface area contributed by atoms with Gasteiger partial charge in [-0.2, -0.15) is 4.31 Å². The van der Waals surface area contributed by atoms with Crippen molar-refractivity contribution in [2.24, 2.45) is 0 Å². The minimum absolute atomic E-state index is 0.0288.